The molecule has 0 atom stereocenters. The van der Waals surface area contributed by atoms with Gasteiger partial charge in [0, 0.05) is 13.5 Å². The minimum atomic E-state index is -0.133. The van der Waals surface area contributed by atoms with Crippen molar-refractivity contribution >= 4 is 0 Å². The van der Waals surface area contributed by atoms with E-state index in [-0.39, 0.29) is 5.82 Å². The van der Waals surface area contributed by atoms with E-state index in [9.17, 15) is 4.39 Å². The van der Waals surface area contributed by atoms with E-state index in [1.165, 1.54) is 0 Å². The van der Waals surface area contributed by atoms with E-state index in [1.54, 1.807) is 20.8 Å². The van der Waals surface area contributed by atoms with E-state index >= 15 is 0 Å². The minimum Gasteiger partial charge on any atom is -0.424 e. The summed E-state index contributed by atoms with van der Waals surface area (Å²) in [7, 11) is 0. The SMILES string of the molecule is Cc1nnc(CNCc2cc(C)c(F)c(C)c2)o1. The van der Waals surface area contributed by atoms with E-state index in [0.717, 1.165) is 5.56 Å². The highest BCUT2D eigenvalue weighted by Gasteiger charge is 2.05. The minimum absolute atomic E-state index is 0.133. The van der Waals surface area contributed by atoms with Crippen LogP contribution in [0.1, 0.15) is 28.5 Å². The lowest BCUT2D eigenvalue weighted by Crippen LogP contribution is -2.13. The summed E-state index contributed by atoms with van der Waals surface area (Å²) in [6.45, 7) is 6.45. The van der Waals surface area contributed by atoms with Crippen LogP contribution in [-0.2, 0) is 13.1 Å². The molecule has 1 N–H and O–H groups in total. The van der Waals surface area contributed by atoms with Crippen LogP contribution >= 0.6 is 0 Å². The summed E-state index contributed by atoms with van der Waals surface area (Å²) < 4.78 is 18.7. The largest absolute Gasteiger partial charge is 0.424 e. The highest BCUT2D eigenvalue weighted by molar-refractivity contribution is 5.30. The van der Waals surface area contributed by atoms with Gasteiger partial charge in [-0.05, 0) is 30.5 Å². The molecular formula is C13H16FN3O. The summed E-state index contributed by atoms with van der Waals surface area (Å²) in [6, 6.07) is 3.68. The molecule has 4 nitrogen and oxygen atoms in total. The zero-order chi connectivity index (χ0) is 13.1. The van der Waals surface area contributed by atoms with Gasteiger partial charge >= 0.3 is 0 Å². The van der Waals surface area contributed by atoms with Gasteiger partial charge in [-0.15, -0.1) is 10.2 Å². The van der Waals surface area contributed by atoms with Gasteiger partial charge in [0.05, 0.1) is 6.54 Å². The maximum atomic E-state index is 13.4. The Bertz CT molecular complexity index is 528. The van der Waals surface area contributed by atoms with Gasteiger partial charge in [0.25, 0.3) is 0 Å². The number of aromatic nitrogens is 2. The Kier molecular flexibility index (Phi) is 3.72. The van der Waals surface area contributed by atoms with Gasteiger partial charge in [0.15, 0.2) is 0 Å². The summed E-state index contributed by atoms with van der Waals surface area (Å²) >= 11 is 0. The van der Waals surface area contributed by atoms with Gasteiger partial charge in [0.1, 0.15) is 5.82 Å². The number of aryl methyl sites for hydroxylation is 3. The van der Waals surface area contributed by atoms with Crippen molar-refractivity contribution in [2.45, 2.75) is 33.9 Å². The lowest BCUT2D eigenvalue weighted by Gasteiger charge is -2.07. The predicted octanol–water partition coefficient (Wildman–Crippen LogP) is 2.42. The van der Waals surface area contributed by atoms with Crippen molar-refractivity contribution in [2.75, 3.05) is 0 Å². The van der Waals surface area contributed by atoms with Gasteiger partial charge in [-0.3, -0.25) is 0 Å². The maximum Gasteiger partial charge on any atom is 0.230 e. The van der Waals surface area contributed by atoms with E-state index < -0.39 is 0 Å². The zero-order valence-corrected chi connectivity index (χ0v) is 10.7. The summed E-state index contributed by atoms with van der Waals surface area (Å²) in [5.41, 5.74) is 2.38. The molecule has 5 heteroatoms. The summed E-state index contributed by atoms with van der Waals surface area (Å²) in [5.74, 6) is 0.981. The molecule has 2 rings (SSSR count). The molecule has 0 spiro atoms. The second-order valence-electron chi connectivity index (χ2n) is 4.36. The van der Waals surface area contributed by atoms with Crippen LogP contribution in [-0.4, -0.2) is 10.2 Å². The first kappa shape index (κ1) is 12.7. The first-order valence-electron chi connectivity index (χ1n) is 5.81. The average molecular weight is 249 g/mol. The predicted molar refractivity (Wildman–Crippen MR) is 65.5 cm³/mol. The van der Waals surface area contributed by atoms with E-state index in [1.807, 2.05) is 12.1 Å². The lowest BCUT2D eigenvalue weighted by atomic mass is 10.1. The van der Waals surface area contributed by atoms with E-state index in [4.69, 9.17) is 4.42 Å². The normalized spacial score (nSPS) is 10.9. The summed E-state index contributed by atoms with van der Waals surface area (Å²) in [5, 5.41) is 10.8. The van der Waals surface area contributed by atoms with Crippen LogP contribution in [0.3, 0.4) is 0 Å². The Morgan fingerprint density at radius 3 is 2.33 bits per heavy atom. The van der Waals surface area contributed by atoms with Crippen LogP contribution < -0.4 is 5.32 Å². The molecule has 1 aromatic heterocycles. The molecule has 0 saturated heterocycles. The summed E-state index contributed by atoms with van der Waals surface area (Å²) in [4.78, 5) is 0. The smallest absolute Gasteiger partial charge is 0.230 e. The molecule has 18 heavy (non-hydrogen) atoms. The van der Waals surface area contributed by atoms with Crippen molar-refractivity contribution in [1.29, 1.82) is 0 Å². The molecule has 0 amide bonds. The second-order valence-corrected chi connectivity index (χ2v) is 4.36. The third-order valence-electron chi connectivity index (χ3n) is 2.67. The molecule has 1 aromatic carbocycles. The molecule has 2 aromatic rings. The number of benzene rings is 1. The molecule has 0 bridgehead atoms. The highest BCUT2D eigenvalue weighted by atomic mass is 19.1. The van der Waals surface area contributed by atoms with Crippen LogP contribution in [0.2, 0.25) is 0 Å². The molecule has 96 valence electrons. The summed E-state index contributed by atoms with van der Waals surface area (Å²) in [6.07, 6.45) is 0. The fourth-order valence-electron chi connectivity index (χ4n) is 1.86. The van der Waals surface area contributed by atoms with Gasteiger partial charge < -0.3 is 9.73 Å². The topological polar surface area (TPSA) is 51.0 Å². The van der Waals surface area contributed by atoms with Crippen LogP contribution in [0.4, 0.5) is 4.39 Å². The van der Waals surface area contributed by atoms with Gasteiger partial charge in [-0.25, -0.2) is 4.39 Å². The fourth-order valence-corrected chi connectivity index (χ4v) is 1.86. The van der Waals surface area contributed by atoms with E-state index in [2.05, 4.69) is 15.5 Å². The Hall–Kier alpha value is -1.75. The molecule has 0 aliphatic rings. The number of rotatable bonds is 4. The zero-order valence-electron chi connectivity index (χ0n) is 10.7. The molecule has 1 heterocycles. The van der Waals surface area contributed by atoms with Crippen LogP contribution in [0.15, 0.2) is 16.5 Å². The van der Waals surface area contributed by atoms with Crippen LogP contribution in [0, 0.1) is 26.6 Å². The van der Waals surface area contributed by atoms with E-state index in [0.29, 0.717) is 36.0 Å². The van der Waals surface area contributed by atoms with Gasteiger partial charge in [-0.1, -0.05) is 12.1 Å². The highest BCUT2D eigenvalue weighted by Crippen LogP contribution is 2.14. The molecule has 0 radical (unpaired) electrons. The molecule has 0 aliphatic heterocycles. The van der Waals surface area contributed by atoms with Crippen molar-refractivity contribution in [2.24, 2.45) is 0 Å². The van der Waals surface area contributed by atoms with Gasteiger partial charge in [0.2, 0.25) is 11.8 Å². The monoisotopic (exact) mass is 249 g/mol. The average Bonchev–Trinajstić information content (AvgIpc) is 2.72. The Labute approximate surface area is 105 Å². The maximum absolute atomic E-state index is 13.4. The number of halogens is 1. The van der Waals surface area contributed by atoms with Crippen LogP contribution in [0.25, 0.3) is 0 Å². The second kappa shape index (κ2) is 5.27. The van der Waals surface area contributed by atoms with Crippen molar-refractivity contribution in [3.8, 4) is 0 Å². The molecule has 0 aliphatic carbocycles. The Balaban J connectivity index is 1.94. The third-order valence-corrected chi connectivity index (χ3v) is 2.67. The van der Waals surface area contributed by atoms with Crippen LogP contribution in [0.5, 0.6) is 0 Å². The Morgan fingerprint density at radius 2 is 1.78 bits per heavy atom. The molecule has 0 unspecified atom stereocenters. The standard InChI is InChI=1S/C13H16FN3O/c1-8-4-11(5-9(2)13(8)14)6-15-7-12-17-16-10(3)18-12/h4-5,15H,6-7H2,1-3H3. The molecule has 0 fully saturated rings. The van der Waals surface area contributed by atoms with Crippen molar-refractivity contribution < 1.29 is 8.81 Å². The van der Waals surface area contributed by atoms with Gasteiger partial charge in [-0.2, -0.15) is 0 Å². The van der Waals surface area contributed by atoms with Crippen molar-refractivity contribution in [3.05, 3.63) is 46.4 Å². The number of hydrogen-bond acceptors (Lipinski definition) is 4. The van der Waals surface area contributed by atoms with Crippen molar-refractivity contribution in [3.63, 3.8) is 0 Å². The first-order valence-corrected chi connectivity index (χ1v) is 5.81. The van der Waals surface area contributed by atoms with Crippen molar-refractivity contribution in [1.82, 2.24) is 15.5 Å². The Morgan fingerprint density at radius 1 is 1.11 bits per heavy atom. The first-order chi connectivity index (χ1) is 8.56. The number of nitrogens with one attached hydrogen (secondary N) is 1. The fraction of sp³-hybridized carbons (Fsp3) is 0.385. The quantitative estimate of drug-likeness (QED) is 0.904. The lowest BCUT2D eigenvalue weighted by molar-refractivity contribution is 0.446. The molecular weight excluding hydrogens is 233 g/mol. The number of nitrogens with zero attached hydrogens (tertiary/aromatic N) is 2. The number of hydrogen-bond donors (Lipinski definition) is 1. The molecule has 0 saturated carbocycles. The third kappa shape index (κ3) is 2.92.